The molecule has 0 radical (unpaired) electrons. The van der Waals surface area contributed by atoms with Gasteiger partial charge in [0, 0.05) is 32.1 Å². The molecule has 1 N–H and O–H groups in total. The topological polar surface area (TPSA) is 74.2 Å². The van der Waals surface area contributed by atoms with Crippen LogP contribution in [0, 0.1) is 0 Å². The molecular weight excluding hydrogens is 392 g/mol. The number of carbonyl (C=O) groups excluding carboxylic acids is 2. The van der Waals surface area contributed by atoms with Crippen LogP contribution in [0.25, 0.3) is 0 Å². The summed E-state index contributed by atoms with van der Waals surface area (Å²) in [5.41, 5.74) is 1.97. The first-order valence-electron chi connectivity index (χ1n) is 11.7. The number of guanidine groups is 1. The molecule has 2 aliphatic heterocycles. The zero-order valence-corrected chi connectivity index (χ0v) is 19.0. The second-order valence-electron chi connectivity index (χ2n) is 8.52. The average molecular weight is 429 g/mol. The number of fused-ring (bicyclic) bond motifs is 2. The molecule has 7 heteroatoms. The van der Waals surface area contributed by atoms with Crippen molar-refractivity contribution in [1.29, 1.82) is 0 Å². The molecule has 0 aromatic heterocycles. The third kappa shape index (κ3) is 6.97. The zero-order chi connectivity index (χ0) is 22.1. The van der Waals surface area contributed by atoms with Crippen LogP contribution in [0.5, 0.6) is 5.75 Å². The van der Waals surface area contributed by atoms with Gasteiger partial charge in [-0.05, 0) is 37.5 Å². The molecule has 0 bridgehead atoms. The van der Waals surface area contributed by atoms with Crippen LogP contribution < -0.4 is 10.1 Å². The maximum atomic E-state index is 12.2. The number of carbonyl (C=O) groups is 2. The van der Waals surface area contributed by atoms with Gasteiger partial charge in [-0.25, -0.2) is 4.99 Å². The van der Waals surface area contributed by atoms with Gasteiger partial charge in [0.25, 0.3) is 0 Å². The third-order valence-electron chi connectivity index (χ3n) is 5.85. The molecule has 0 atom stereocenters. The lowest BCUT2D eigenvalue weighted by molar-refractivity contribution is -0.130. The van der Waals surface area contributed by atoms with Gasteiger partial charge in [-0.1, -0.05) is 39.0 Å². The van der Waals surface area contributed by atoms with E-state index >= 15 is 0 Å². The second-order valence-corrected chi connectivity index (χ2v) is 8.52. The van der Waals surface area contributed by atoms with Crippen LogP contribution in [0.4, 0.5) is 5.69 Å². The van der Waals surface area contributed by atoms with E-state index in [1.165, 1.54) is 19.3 Å². The Bertz CT molecular complexity index is 793. The largest absolute Gasteiger partial charge is 0.494 e. The number of rotatable bonds is 13. The summed E-state index contributed by atoms with van der Waals surface area (Å²) < 4.78 is 5.91. The van der Waals surface area contributed by atoms with E-state index in [0.717, 1.165) is 55.6 Å². The van der Waals surface area contributed by atoms with Crippen molar-refractivity contribution in [2.24, 2.45) is 4.99 Å². The summed E-state index contributed by atoms with van der Waals surface area (Å²) in [7, 11) is 1.92. The molecule has 1 fully saturated rings. The smallest absolute Gasteiger partial charge is 0.246 e. The molecule has 3 rings (SSSR count). The van der Waals surface area contributed by atoms with E-state index in [4.69, 9.17) is 4.74 Å². The molecule has 0 unspecified atom stereocenters. The van der Waals surface area contributed by atoms with Crippen LogP contribution in [-0.2, 0) is 16.1 Å². The minimum atomic E-state index is -0.0108. The van der Waals surface area contributed by atoms with Crippen molar-refractivity contribution in [2.45, 2.75) is 71.3 Å². The normalized spacial score (nSPS) is 14.6. The molecule has 0 aliphatic carbocycles. The molecule has 1 aromatic rings. The molecule has 1 saturated heterocycles. The van der Waals surface area contributed by atoms with Gasteiger partial charge in [-0.3, -0.25) is 14.9 Å². The monoisotopic (exact) mass is 428 g/mol. The maximum Gasteiger partial charge on any atom is 0.246 e. The van der Waals surface area contributed by atoms with Gasteiger partial charge in [0.2, 0.25) is 17.8 Å². The lowest BCUT2D eigenvalue weighted by Gasteiger charge is -2.23. The first-order chi connectivity index (χ1) is 15.1. The summed E-state index contributed by atoms with van der Waals surface area (Å²) in [6.07, 6.45) is 9.47. The Morgan fingerprint density at radius 2 is 1.94 bits per heavy atom. The van der Waals surface area contributed by atoms with Crippen LogP contribution in [0.2, 0.25) is 0 Å². The predicted molar refractivity (Wildman–Crippen MR) is 122 cm³/mol. The summed E-state index contributed by atoms with van der Waals surface area (Å²) in [5.74, 6) is 1.74. The quantitative estimate of drug-likeness (QED) is 0.482. The van der Waals surface area contributed by atoms with Crippen LogP contribution in [0.1, 0.15) is 70.3 Å². The molecular formula is C24H36N4O3. The zero-order valence-electron chi connectivity index (χ0n) is 19.0. The van der Waals surface area contributed by atoms with Crippen molar-refractivity contribution in [3.63, 3.8) is 0 Å². The van der Waals surface area contributed by atoms with Crippen molar-refractivity contribution >= 4 is 23.5 Å². The molecule has 7 nitrogen and oxygen atoms in total. The van der Waals surface area contributed by atoms with E-state index < -0.39 is 0 Å². The minimum Gasteiger partial charge on any atom is -0.494 e. The number of unbranched alkanes of at least 4 members (excludes halogenated alkanes) is 6. The second kappa shape index (κ2) is 11.7. The van der Waals surface area contributed by atoms with Crippen molar-refractivity contribution < 1.29 is 14.3 Å². The standard InChI is InChI=1S/C24H36N4O3/c1-3-4-5-9-14-27(2)23(30)11-8-6-7-10-15-31-20-12-13-21-19(16-20)17-28-18-22(29)26-24(28)25-21/h12-13,16H,3-11,14-15,17-18H2,1-2H3,(H,25,26,29). The van der Waals surface area contributed by atoms with E-state index in [1.807, 2.05) is 35.0 Å². The summed E-state index contributed by atoms with van der Waals surface area (Å²) in [5, 5.41) is 2.78. The lowest BCUT2D eigenvalue weighted by Crippen LogP contribution is -2.31. The molecule has 2 aliphatic rings. The SMILES string of the molecule is CCCCCCN(C)C(=O)CCCCCCOc1ccc2c(c1)CN1CC(=O)NC1=N2. The number of nitrogens with one attached hydrogen (secondary N) is 1. The Labute approximate surface area is 185 Å². The lowest BCUT2D eigenvalue weighted by atomic mass is 10.1. The van der Waals surface area contributed by atoms with Crippen LogP contribution in [0.3, 0.4) is 0 Å². The van der Waals surface area contributed by atoms with E-state index in [9.17, 15) is 9.59 Å². The molecule has 2 heterocycles. The molecule has 2 amide bonds. The highest BCUT2D eigenvalue weighted by atomic mass is 16.5. The number of hydrogen-bond donors (Lipinski definition) is 1. The Morgan fingerprint density at radius 1 is 1.13 bits per heavy atom. The van der Waals surface area contributed by atoms with Gasteiger partial charge in [-0.15, -0.1) is 0 Å². The Morgan fingerprint density at radius 3 is 2.77 bits per heavy atom. The van der Waals surface area contributed by atoms with Gasteiger partial charge >= 0.3 is 0 Å². The number of amides is 2. The molecule has 0 saturated carbocycles. The highest BCUT2D eigenvalue weighted by molar-refractivity contribution is 6.05. The Balaban J connectivity index is 1.27. The van der Waals surface area contributed by atoms with E-state index in [1.54, 1.807) is 0 Å². The van der Waals surface area contributed by atoms with Crippen molar-refractivity contribution in [1.82, 2.24) is 15.1 Å². The molecule has 31 heavy (non-hydrogen) atoms. The fraction of sp³-hybridized carbons (Fsp3) is 0.625. The predicted octanol–water partition coefficient (Wildman–Crippen LogP) is 3.99. The average Bonchev–Trinajstić information content (AvgIpc) is 3.12. The first kappa shape index (κ1) is 23.1. The van der Waals surface area contributed by atoms with Crippen LogP contribution in [0.15, 0.2) is 23.2 Å². The highest BCUT2D eigenvalue weighted by Gasteiger charge is 2.29. The number of ether oxygens (including phenoxy) is 1. The fourth-order valence-corrected chi connectivity index (χ4v) is 3.94. The fourth-order valence-electron chi connectivity index (χ4n) is 3.94. The number of hydrogen-bond acceptors (Lipinski definition) is 5. The van der Waals surface area contributed by atoms with E-state index in [2.05, 4.69) is 17.2 Å². The third-order valence-corrected chi connectivity index (χ3v) is 5.85. The minimum absolute atomic E-state index is 0.0108. The Hall–Kier alpha value is -2.57. The maximum absolute atomic E-state index is 12.2. The Kier molecular flexibility index (Phi) is 8.74. The number of nitrogens with zero attached hydrogens (tertiary/aromatic N) is 3. The van der Waals surface area contributed by atoms with Gasteiger partial charge in [-0.2, -0.15) is 0 Å². The van der Waals surface area contributed by atoms with Crippen LogP contribution >= 0.6 is 0 Å². The first-order valence-corrected chi connectivity index (χ1v) is 11.7. The van der Waals surface area contributed by atoms with Gasteiger partial charge in [0.1, 0.15) is 12.3 Å². The molecule has 170 valence electrons. The van der Waals surface area contributed by atoms with Gasteiger partial charge in [0.15, 0.2) is 0 Å². The highest BCUT2D eigenvalue weighted by Crippen LogP contribution is 2.30. The van der Waals surface area contributed by atoms with E-state index in [-0.39, 0.29) is 11.8 Å². The van der Waals surface area contributed by atoms with Crippen molar-refractivity contribution in [3.8, 4) is 5.75 Å². The summed E-state index contributed by atoms with van der Waals surface area (Å²) >= 11 is 0. The van der Waals surface area contributed by atoms with Gasteiger partial charge < -0.3 is 14.5 Å². The van der Waals surface area contributed by atoms with Crippen molar-refractivity contribution in [3.05, 3.63) is 23.8 Å². The number of aliphatic imine (C=N–C) groups is 1. The van der Waals surface area contributed by atoms with Crippen molar-refractivity contribution in [2.75, 3.05) is 26.7 Å². The number of benzene rings is 1. The molecule has 1 aromatic carbocycles. The summed E-state index contributed by atoms with van der Waals surface area (Å²) in [4.78, 5) is 32.0. The molecule has 0 spiro atoms. The van der Waals surface area contributed by atoms with Crippen LogP contribution in [-0.4, -0.2) is 54.3 Å². The van der Waals surface area contributed by atoms with Gasteiger partial charge in [0.05, 0.1) is 12.3 Å². The summed E-state index contributed by atoms with van der Waals surface area (Å²) in [6, 6.07) is 5.90. The summed E-state index contributed by atoms with van der Waals surface area (Å²) in [6.45, 7) is 4.78. The van der Waals surface area contributed by atoms with E-state index in [0.29, 0.717) is 32.1 Å².